The molecule has 0 amide bonds. The molecule has 1 fully saturated rings. The van der Waals surface area contributed by atoms with E-state index in [4.69, 9.17) is 9.47 Å². The van der Waals surface area contributed by atoms with Gasteiger partial charge in [-0.2, -0.15) is 9.97 Å². The van der Waals surface area contributed by atoms with Gasteiger partial charge >= 0.3 is 17.4 Å². The summed E-state index contributed by atoms with van der Waals surface area (Å²) in [5.41, 5.74) is -0.325. The van der Waals surface area contributed by atoms with Crippen LogP contribution in [-0.4, -0.2) is 41.7 Å². The smallest absolute Gasteiger partial charge is 0.392 e. The topological polar surface area (TPSA) is 99.4 Å². The van der Waals surface area contributed by atoms with Crippen molar-refractivity contribution in [3.63, 3.8) is 0 Å². The van der Waals surface area contributed by atoms with Crippen molar-refractivity contribution < 1.29 is 14.4 Å². The number of nitro groups is 1. The van der Waals surface area contributed by atoms with Gasteiger partial charge in [0.2, 0.25) is 0 Å². The van der Waals surface area contributed by atoms with Crippen LogP contribution in [0.1, 0.15) is 12.8 Å². The minimum Gasteiger partial charge on any atom is -0.476 e. The highest BCUT2D eigenvalue weighted by molar-refractivity contribution is 5.48. The minimum absolute atomic E-state index is 0.0394. The average Bonchev–Trinajstić information content (AvgIpc) is 2.45. The van der Waals surface area contributed by atoms with Crippen LogP contribution in [0.3, 0.4) is 0 Å². The van der Waals surface area contributed by atoms with Crippen LogP contribution in [0.4, 0.5) is 5.69 Å². The molecule has 0 aromatic carbocycles. The quantitative estimate of drug-likeness (QED) is 0.622. The van der Waals surface area contributed by atoms with Gasteiger partial charge in [-0.25, -0.2) is 0 Å². The number of hydrogen-bond donors (Lipinski definition) is 1. The average molecular weight is 268 g/mol. The fraction of sp³-hybridized carbons (Fsp3) is 0.636. The van der Waals surface area contributed by atoms with E-state index in [0.29, 0.717) is 12.5 Å². The molecule has 0 aliphatic carbocycles. The molecule has 2 rings (SSSR count). The maximum atomic E-state index is 11.0. The highest BCUT2D eigenvalue weighted by atomic mass is 16.6. The first-order valence-electron chi connectivity index (χ1n) is 6.09. The van der Waals surface area contributed by atoms with Crippen molar-refractivity contribution in [1.82, 2.24) is 15.3 Å². The Bertz CT molecular complexity index is 448. The standard InChI is InChI=1S/C11H16N4O4/c1-18-10-9(15(16)17)11(14-7-13-10)19-6-8-3-2-4-12-5-8/h7-8,12H,2-6H2,1H3. The molecule has 1 aliphatic rings. The molecule has 1 aromatic rings. The molecule has 8 nitrogen and oxygen atoms in total. The summed E-state index contributed by atoms with van der Waals surface area (Å²) in [5.74, 6) is 0.216. The lowest BCUT2D eigenvalue weighted by Crippen LogP contribution is -2.33. The lowest BCUT2D eigenvalue weighted by molar-refractivity contribution is -0.387. The van der Waals surface area contributed by atoms with E-state index in [1.807, 2.05) is 0 Å². The van der Waals surface area contributed by atoms with Crippen LogP contribution in [0.25, 0.3) is 0 Å². The molecule has 0 bridgehead atoms. The highest BCUT2D eigenvalue weighted by Gasteiger charge is 2.26. The van der Waals surface area contributed by atoms with Gasteiger partial charge in [0.1, 0.15) is 6.33 Å². The number of nitrogens with one attached hydrogen (secondary N) is 1. The normalized spacial score (nSPS) is 18.9. The highest BCUT2D eigenvalue weighted by Crippen LogP contribution is 2.32. The maximum absolute atomic E-state index is 11.0. The second-order valence-corrected chi connectivity index (χ2v) is 4.32. The maximum Gasteiger partial charge on any atom is 0.392 e. The van der Waals surface area contributed by atoms with Gasteiger partial charge < -0.3 is 14.8 Å². The van der Waals surface area contributed by atoms with Gasteiger partial charge in [-0.05, 0) is 19.4 Å². The van der Waals surface area contributed by atoms with Crippen molar-refractivity contribution in [1.29, 1.82) is 0 Å². The molecule has 0 saturated carbocycles. The summed E-state index contributed by atoms with van der Waals surface area (Å²) < 4.78 is 10.3. The third-order valence-corrected chi connectivity index (χ3v) is 2.99. The van der Waals surface area contributed by atoms with Crippen molar-refractivity contribution in [2.24, 2.45) is 5.92 Å². The first-order chi connectivity index (χ1) is 9.22. The number of aromatic nitrogens is 2. The summed E-state index contributed by atoms with van der Waals surface area (Å²) in [6, 6.07) is 0. The Hall–Kier alpha value is -1.96. The summed E-state index contributed by atoms with van der Waals surface area (Å²) >= 11 is 0. The van der Waals surface area contributed by atoms with Gasteiger partial charge in [-0.15, -0.1) is 0 Å². The van der Waals surface area contributed by atoms with E-state index in [2.05, 4.69) is 15.3 Å². The fourth-order valence-electron chi connectivity index (χ4n) is 2.02. The van der Waals surface area contributed by atoms with Crippen LogP contribution >= 0.6 is 0 Å². The Morgan fingerprint density at radius 2 is 2.32 bits per heavy atom. The Morgan fingerprint density at radius 1 is 1.53 bits per heavy atom. The molecule has 1 unspecified atom stereocenters. The number of ether oxygens (including phenoxy) is 2. The number of methoxy groups -OCH3 is 1. The molecule has 19 heavy (non-hydrogen) atoms. The van der Waals surface area contributed by atoms with E-state index in [-0.39, 0.29) is 17.4 Å². The molecule has 1 N–H and O–H groups in total. The molecule has 2 heterocycles. The first kappa shape index (κ1) is 13.5. The summed E-state index contributed by atoms with van der Waals surface area (Å²) in [4.78, 5) is 17.9. The van der Waals surface area contributed by atoms with Crippen molar-refractivity contribution >= 4 is 5.69 Å². The van der Waals surface area contributed by atoms with Crippen LogP contribution in [0, 0.1) is 16.0 Å². The third-order valence-electron chi connectivity index (χ3n) is 2.99. The van der Waals surface area contributed by atoms with E-state index in [9.17, 15) is 10.1 Å². The van der Waals surface area contributed by atoms with E-state index in [0.717, 1.165) is 25.9 Å². The Morgan fingerprint density at radius 3 is 2.95 bits per heavy atom. The SMILES string of the molecule is COc1ncnc(OCC2CCCNC2)c1[N+](=O)[O-]. The zero-order valence-electron chi connectivity index (χ0n) is 10.7. The largest absolute Gasteiger partial charge is 0.476 e. The van der Waals surface area contributed by atoms with Gasteiger partial charge in [-0.3, -0.25) is 10.1 Å². The van der Waals surface area contributed by atoms with Crippen LogP contribution < -0.4 is 14.8 Å². The molecular formula is C11H16N4O4. The second-order valence-electron chi connectivity index (χ2n) is 4.32. The van der Waals surface area contributed by atoms with Crippen LogP contribution in [-0.2, 0) is 0 Å². The molecule has 0 radical (unpaired) electrons. The minimum atomic E-state index is -0.590. The van der Waals surface area contributed by atoms with E-state index in [1.165, 1.54) is 13.4 Å². The number of piperidine rings is 1. The van der Waals surface area contributed by atoms with E-state index < -0.39 is 4.92 Å². The van der Waals surface area contributed by atoms with Crippen molar-refractivity contribution in [2.75, 3.05) is 26.8 Å². The lowest BCUT2D eigenvalue weighted by Gasteiger charge is -2.22. The van der Waals surface area contributed by atoms with Crippen molar-refractivity contribution in [3.05, 3.63) is 16.4 Å². The fourth-order valence-corrected chi connectivity index (χ4v) is 2.02. The molecule has 104 valence electrons. The molecule has 1 atom stereocenters. The van der Waals surface area contributed by atoms with Crippen molar-refractivity contribution in [2.45, 2.75) is 12.8 Å². The lowest BCUT2D eigenvalue weighted by atomic mass is 10.0. The zero-order chi connectivity index (χ0) is 13.7. The first-order valence-corrected chi connectivity index (χ1v) is 6.09. The van der Waals surface area contributed by atoms with Gasteiger partial charge in [0, 0.05) is 12.5 Å². The van der Waals surface area contributed by atoms with Gasteiger partial charge in [-0.1, -0.05) is 0 Å². The Kier molecular flexibility index (Phi) is 4.45. The van der Waals surface area contributed by atoms with Gasteiger partial charge in [0.15, 0.2) is 0 Å². The van der Waals surface area contributed by atoms with E-state index >= 15 is 0 Å². The number of hydrogen-bond acceptors (Lipinski definition) is 7. The van der Waals surface area contributed by atoms with Crippen LogP contribution in [0.5, 0.6) is 11.8 Å². The molecule has 0 spiro atoms. The summed E-state index contributed by atoms with van der Waals surface area (Å²) in [6.07, 6.45) is 3.33. The Balaban J connectivity index is 2.08. The van der Waals surface area contributed by atoms with Gasteiger partial charge in [0.05, 0.1) is 18.6 Å². The predicted molar refractivity (Wildman–Crippen MR) is 66.3 cm³/mol. The monoisotopic (exact) mass is 268 g/mol. The summed E-state index contributed by atoms with van der Waals surface area (Å²) in [5, 5.41) is 14.3. The van der Waals surface area contributed by atoms with Crippen LogP contribution in [0.2, 0.25) is 0 Å². The Labute approximate surface area is 110 Å². The predicted octanol–water partition coefficient (Wildman–Crippen LogP) is 0.772. The van der Waals surface area contributed by atoms with E-state index in [1.54, 1.807) is 0 Å². The summed E-state index contributed by atoms with van der Waals surface area (Å²) in [6.45, 7) is 2.27. The summed E-state index contributed by atoms with van der Waals surface area (Å²) in [7, 11) is 1.32. The van der Waals surface area contributed by atoms with Crippen LogP contribution in [0.15, 0.2) is 6.33 Å². The van der Waals surface area contributed by atoms with Gasteiger partial charge in [0.25, 0.3) is 0 Å². The third kappa shape index (κ3) is 3.28. The van der Waals surface area contributed by atoms with Crippen molar-refractivity contribution in [3.8, 4) is 11.8 Å². The molecule has 1 aliphatic heterocycles. The second kappa shape index (κ2) is 6.28. The molecule has 1 saturated heterocycles. The number of rotatable bonds is 5. The zero-order valence-corrected chi connectivity index (χ0v) is 10.7. The molecule has 8 heteroatoms. The molecular weight excluding hydrogens is 252 g/mol. The molecule has 1 aromatic heterocycles. The number of nitrogens with zero attached hydrogens (tertiary/aromatic N) is 3.